The fraction of sp³-hybridized carbons (Fsp3) is 0.375. The van der Waals surface area contributed by atoms with E-state index < -0.39 is 17.4 Å². The van der Waals surface area contributed by atoms with E-state index in [0.717, 1.165) is 11.1 Å². The largest absolute Gasteiger partial charge is 0.466 e. The summed E-state index contributed by atoms with van der Waals surface area (Å²) in [5, 5.41) is 24.9. The molecule has 22 heavy (non-hydrogen) atoms. The van der Waals surface area contributed by atoms with Crippen molar-refractivity contribution in [2.24, 2.45) is 11.0 Å². The Kier molecular flexibility index (Phi) is 3.30. The minimum Gasteiger partial charge on any atom is -0.466 e. The monoisotopic (exact) mass is 294 g/mol. The summed E-state index contributed by atoms with van der Waals surface area (Å²) in [7, 11) is 0. The highest BCUT2D eigenvalue weighted by Gasteiger charge is 2.59. The third kappa shape index (κ3) is 1.78. The van der Waals surface area contributed by atoms with E-state index >= 15 is 0 Å². The normalized spacial score (nSPS) is 23.9. The first kappa shape index (κ1) is 14.1. The number of esters is 1. The fourth-order valence-electron chi connectivity index (χ4n) is 3.18. The van der Waals surface area contributed by atoms with Crippen molar-refractivity contribution in [3.05, 3.63) is 35.4 Å². The van der Waals surface area contributed by atoms with Crippen LogP contribution in [0.25, 0.3) is 0 Å². The Morgan fingerprint density at radius 2 is 2.18 bits per heavy atom. The van der Waals surface area contributed by atoms with Gasteiger partial charge in [0.1, 0.15) is 18.1 Å². The van der Waals surface area contributed by atoms with Crippen LogP contribution in [0.5, 0.6) is 0 Å². The maximum Gasteiger partial charge on any atom is 0.313 e. The van der Waals surface area contributed by atoms with E-state index in [9.17, 15) is 15.3 Å². The van der Waals surface area contributed by atoms with Gasteiger partial charge in [0.2, 0.25) is 5.54 Å². The Labute approximate surface area is 128 Å². The SMILES string of the molecule is CCOC(=O)[C@@H]1C[C@@H]2c3ccccc3C=NN2C1(C#N)C#N. The van der Waals surface area contributed by atoms with E-state index in [2.05, 4.69) is 5.10 Å². The van der Waals surface area contributed by atoms with Crippen molar-refractivity contribution in [2.75, 3.05) is 6.61 Å². The fourth-order valence-corrected chi connectivity index (χ4v) is 3.18. The molecule has 1 aromatic rings. The first-order valence-electron chi connectivity index (χ1n) is 7.09. The van der Waals surface area contributed by atoms with E-state index in [0.29, 0.717) is 6.42 Å². The lowest BCUT2D eigenvalue weighted by molar-refractivity contribution is -0.149. The minimum atomic E-state index is -1.62. The second kappa shape index (κ2) is 5.16. The van der Waals surface area contributed by atoms with Crippen molar-refractivity contribution in [2.45, 2.75) is 24.9 Å². The number of hydrazone groups is 1. The molecule has 0 aliphatic carbocycles. The number of nitrogens with zero attached hydrogens (tertiary/aromatic N) is 4. The molecule has 2 aliphatic rings. The lowest BCUT2D eigenvalue weighted by Gasteiger charge is -2.32. The zero-order valence-electron chi connectivity index (χ0n) is 12.1. The predicted molar refractivity (Wildman–Crippen MR) is 77.3 cm³/mol. The molecule has 6 heteroatoms. The molecule has 0 aromatic heterocycles. The van der Waals surface area contributed by atoms with Gasteiger partial charge in [0.25, 0.3) is 0 Å². The molecule has 2 atom stereocenters. The van der Waals surface area contributed by atoms with Crippen LogP contribution >= 0.6 is 0 Å². The maximum atomic E-state index is 12.2. The van der Waals surface area contributed by atoms with Crippen molar-refractivity contribution in [3.8, 4) is 12.1 Å². The van der Waals surface area contributed by atoms with Gasteiger partial charge in [-0.1, -0.05) is 24.3 Å². The molecule has 0 bridgehead atoms. The predicted octanol–water partition coefficient (Wildman–Crippen LogP) is 1.75. The molecule has 6 nitrogen and oxygen atoms in total. The van der Waals surface area contributed by atoms with Crippen LogP contribution < -0.4 is 0 Å². The first-order valence-corrected chi connectivity index (χ1v) is 7.09. The number of benzene rings is 1. The average molecular weight is 294 g/mol. The quantitative estimate of drug-likeness (QED) is 0.775. The second-order valence-electron chi connectivity index (χ2n) is 5.26. The maximum absolute atomic E-state index is 12.2. The van der Waals surface area contributed by atoms with E-state index in [1.165, 1.54) is 5.01 Å². The molecular weight excluding hydrogens is 280 g/mol. The van der Waals surface area contributed by atoms with Gasteiger partial charge in [-0.3, -0.25) is 9.80 Å². The molecule has 0 N–H and O–H groups in total. The van der Waals surface area contributed by atoms with Gasteiger partial charge in [0.05, 0.1) is 18.9 Å². The van der Waals surface area contributed by atoms with Crippen molar-refractivity contribution in [1.82, 2.24) is 5.01 Å². The lowest BCUT2D eigenvalue weighted by Crippen LogP contribution is -2.47. The van der Waals surface area contributed by atoms with Crippen molar-refractivity contribution < 1.29 is 9.53 Å². The molecule has 110 valence electrons. The Morgan fingerprint density at radius 1 is 1.45 bits per heavy atom. The van der Waals surface area contributed by atoms with Gasteiger partial charge in [-0.25, -0.2) is 0 Å². The molecule has 1 saturated heterocycles. The van der Waals surface area contributed by atoms with Gasteiger partial charge in [0, 0.05) is 0 Å². The summed E-state index contributed by atoms with van der Waals surface area (Å²) in [5.41, 5.74) is 0.290. The van der Waals surface area contributed by atoms with Crippen LogP contribution in [0, 0.1) is 28.6 Å². The molecule has 3 rings (SSSR count). The summed E-state index contributed by atoms with van der Waals surface area (Å²) >= 11 is 0. The number of hydrogen-bond acceptors (Lipinski definition) is 6. The van der Waals surface area contributed by atoms with Gasteiger partial charge >= 0.3 is 5.97 Å². The van der Waals surface area contributed by atoms with Gasteiger partial charge < -0.3 is 4.74 Å². The summed E-state index contributed by atoms with van der Waals surface area (Å²) < 4.78 is 5.06. The van der Waals surface area contributed by atoms with Crippen LogP contribution in [0.4, 0.5) is 0 Å². The third-order valence-corrected chi connectivity index (χ3v) is 4.21. The molecule has 0 unspecified atom stereocenters. The molecule has 2 aliphatic heterocycles. The molecular formula is C16H14N4O2. The minimum absolute atomic E-state index is 0.215. The molecule has 0 saturated carbocycles. The number of ether oxygens (including phenoxy) is 1. The summed E-state index contributed by atoms with van der Waals surface area (Å²) in [5.74, 6) is -1.36. The highest BCUT2D eigenvalue weighted by molar-refractivity contribution is 5.84. The first-order chi connectivity index (χ1) is 10.7. The van der Waals surface area contributed by atoms with Crippen LogP contribution in [0.1, 0.15) is 30.5 Å². The molecule has 2 heterocycles. The van der Waals surface area contributed by atoms with Gasteiger partial charge in [0.15, 0.2) is 0 Å². The highest BCUT2D eigenvalue weighted by atomic mass is 16.5. The summed E-state index contributed by atoms with van der Waals surface area (Å²) in [6.07, 6.45) is 1.97. The van der Waals surface area contributed by atoms with Crippen LogP contribution in [-0.4, -0.2) is 29.3 Å². The van der Waals surface area contributed by atoms with E-state index in [-0.39, 0.29) is 12.6 Å². The summed E-state index contributed by atoms with van der Waals surface area (Å²) in [6, 6.07) is 11.4. The standard InChI is InChI=1S/C16H14N4O2/c1-2-22-15(21)13-7-14-12-6-4-3-5-11(12)8-19-20(14)16(13,9-17)10-18/h3-6,8,13-14H,2,7H2,1H3/t13-,14+/m0/s1. The zero-order valence-corrected chi connectivity index (χ0v) is 12.1. The van der Waals surface area contributed by atoms with Gasteiger partial charge in [-0.05, 0) is 24.5 Å². The van der Waals surface area contributed by atoms with Crippen molar-refractivity contribution in [3.63, 3.8) is 0 Å². The van der Waals surface area contributed by atoms with Crippen molar-refractivity contribution >= 4 is 12.2 Å². The number of fused-ring (bicyclic) bond motifs is 3. The number of carbonyl (C=O) groups excluding carboxylic acids is 1. The second-order valence-corrected chi connectivity index (χ2v) is 5.26. The molecule has 1 fully saturated rings. The number of hydrogen-bond donors (Lipinski definition) is 0. The molecule has 0 spiro atoms. The van der Waals surface area contributed by atoms with Crippen molar-refractivity contribution in [1.29, 1.82) is 10.5 Å². The van der Waals surface area contributed by atoms with Crippen LogP contribution in [-0.2, 0) is 9.53 Å². The lowest BCUT2D eigenvalue weighted by atomic mass is 9.87. The smallest absolute Gasteiger partial charge is 0.313 e. The number of carbonyl (C=O) groups is 1. The highest BCUT2D eigenvalue weighted by Crippen LogP contribution is 2.48. The summed E-state index contributed by atoms with van der Waals surface area (Å²) in [6.45, 7) is 1.92. The van der Waals surface area contributed by atoms with Crippen LogP contribution in [0.2, 0.25) is 0 Å². The van der Waals surface area contributed by atoms with E-state index in [1.54, 1.807) is 13.1 Å². The molecule has 0 amide bonds. The Hall–Kier alpha value is -2.86. The topological polar surface area (TPSA) is 89.5 Å². The van der Waals surface area contributed by atoms with Crippen LogP contribution in [0.3, 0.4) is 0 Å². The number of nitriles is 2. The third-order valence-electron chi connectivity index (χ3n) is 4.21. The van der Waals surface area contributed by atoms with Crippen LogP contribution in [0.15, 0.2) is 29.4 Å². The summed E-state index contributed by atoms with van der Waals surface area (Å²) in [4.78, 5) is 12.2. The van der Waals surface area contributed by atoms with E-state index in [4.69, 9.17) is 4.74 Å². The molecule has 0 radical (unpaired) electrons. The zero-order chi connectivity index (χ0) is 15.7. The average Bonchev–Trinajstić information content (AvgIpc) is 2.90. The molecule has 1 aromatic carbocycles. The van der Waals surface area contributed by atoms with E-state index in [1.807, 2.05) is 36.4 Å². The van der Waals surface area contributed by atoms with Gasteiger partial charge in [-0.15, -0.1) is 0 Å². The number of rotatable bonds is 2. The Balaban J connectivity index is 2.09. The Bertz CT molecular complexity index is 714. The van der Waals surface area contributed by atoms with Gasteiger partial charge in [-0.2, -0.15) is 15.6 Å². The Morgan fingerprint density at radius 3 is 2.86 bits per heavy atom.